The molecule has 1 fully saturated rings. The second-order valence-corrected chi connectivity index (χ2v) is 4.42. The highest BCUT2D eigenvalue weighted by molar-refractivity contribution is 5.60. The Labute approximate surface area is 108 Å². The van der Waals surface area contributed by atoms with Gasteiger partial charge in [-0.2, -0.15) is 5.26 Å². The average molecular weight is 246 g/mol. The molecule has 4 nitrogen and oxygen atoms in total. The number of methoxy groups -OCH3 is 1. The fourth-order valence-electron chi connectivity index (χ4n) is 2.16. The highest BCUT2D eigenvalue weighted by Gasteiger charge is 2.29. The Balaban J connectivity index is 1.96. The number of ether oxygens (including phenoxy) is 2. The van der Waals surface area contributed by atoms with Crippen LogP contribution in [0.3, 0.4) is 0 Å². The average Bonchev–Trinajstić information content (AvgIpc) is 2.36. The molecule has 1 aliphatic rings. The van der Waals surface area contributed by atoms with E-state index in [9.17, 15) is 0 Å². The van der Waals surface area contributed by atoms with Crippen LogP contribution >= 0.6 is 0 Å². The normalized spacial score (nSPS) is 21.8. The van der Waals surface area contributed by atoms with Gasteiger partial charge >= 0.3 is 0 Å². The van der Waals surface area contributed by atoms with Crippen molar-refractivity contribution >= 4 is 5.69 Å². The molecule has 18 heavy (non-hydrogen) atoms. The van der Waals surface area contributed by atoms with Gasteiger partial charge in [0.2, 0.25) is 0 Å². The molecule has 1 aromatic rings. The molecule has 0 aromatic heterocycles. The van der Waals surface area contributed by atoms with Gasteiger partial charge in [0, 0.05) is 18.7 Å². The van der Waals surface area contributed by atoms with Crippen molar-refractivity contribution in [2.24, 2.45) is 0 Å². The topological polar surface area (TPSA) is 54.3 Å². The van der Waals surface area contributed by atoms with Crippen LogP contribution in [0.5, 0.6) is 5.75 Å². The first-order valence-corrected chi connectivity index (χ1v) is 6.23. The molecule has 0 amide bonds. The molecule has 0 radical (unpaired) electrons. The number of nitriles is 1. The van der Waals surface area contributed by atoms with E-state index in [-0.39, 0.29) is 0 Å². The fraction of sp³-hybridized carbons (Fsp3) is 0.500. The minimum absolute atomic E-state index is 0.386. The van der Waals surface area contributed by atoms with E-state index in [0.29, 0.717) is 23.5 Å². The van der Waals surface area contributed by atoms with Crippen molar-refractivity contribution in [3.8, 4) is 11.8 Å². The summed E-state index contributed by atoms with van der Waals surface area (Å²) >= 11 is 0. The minimum Gasteiger partial charge on any atom is -0.495 e. The van der Waals surface area contributed by atoms with Gasteiger partial charge in [-0.05, 0) is 31.9 Å². The molecule has 1 N–H and O–H groups in total. The quantitative estimate of drug-likeness (QED) is 0.867. The first kappa shape index (κ1) is 12.7. The lowest BCUT2D eigenvalue weighted by atomic mass is 9.89. The summed E-state index contributed by atoms with van der Waals surface area (Å²) in [6.07, 6.45) is 2.44. The van der Waals surface area contributed by atoms with Gasteiger partial charge in [-0.3, -0.25) is 0 Å². The van der Waals surface area contributed by atoms with Crippen LogP contribution in [0.1, 0.15) is 25.3 Å². The van der Waals surface area contributed by atoms with Crippen LogP contribution in [0, 0.1) is 11.3 Å². The fourth-order valence-corrected chi connectivity index (χ4v) is 2.16. The van der Waals surface area contributed by atoms with Crippen LogP contribution < -0.4 is 10.1 Å². The van der Waals surface area contributed by atoms with E-state index in [1.807, 2.05) is 13.0 Å². The Morgan fingerprint density at radius 1 is 1.44 bits per heavy atom. The number of nitrogens with one attached hydrogen (secondary N) is 1. The SMILES string of the molecule is CCOC1CC(Nc2ccc(C#N)cc2OC)C1. The van der Waals surface area contributed by atoms with Crippen molar-refractivity contribution in [1.82, 2.24) is 0 Å². The predicted molar refractivity (Wildman–Crippen MR) is 69.8 cm³/mol. The summed E-state index contributed by atoms with van der Waals surface area (Å²) in [4.78, 5) is 0. The molecule has 0 heterocycles. The Kier molecular flexibility index (Phi) is 4.06. The van der Waals surface area contributed by atoms with E-state index in [1.54, 1.807) is 19.2 Å². The highest BCUT2D eigenvalue weighted by Crippen LogP contribution is 2.31. The molecule has 2 rings (SSSR count). The maximum atomic E-state index is 8.84. The van der Waals surface area contributed by atoms with E-state index < -0.39 is 0 Å². The van der Waals surface area contributed by atoms with Crippen LogP contribution in [-0.2, 0) is 4.74 Å². The molecule has 0 unspecified atom stereocenters. The third-order valence-electron chi connectivity index (χ3n) is 3.19. The molecule has 0 aliphatic heterocycles. The first-order valence-electron chi connectivity index (χ1n) is 6.23. The standard InChI is InChI=1S/C14H18N2O2/c1-3-18-12-7-11(8-12)16-13-5-4-10(9-15)6-14(13)17-2/h4-6,11-12,16H,3,7-8H2,1-2H3. The molecular weight excluding hydrogens is 228 g/mol. The van der Waals surface area contributed by atoms with Gasteiger partial charge in [-0.25, -0.2) is 0 Å². The molecule has 4 heteroatoms. The number of hydrogen-bond acceptors (Lipinski definition) is 4. The monoisotopic (exact) mass is 246 g/mol. The van der Waals surface area contributed by atoms with Crippen LogP contribution in [0.25, 0.3) is 0 Å². The lowest BCUT2D eigenvalue weighted by Crippen LogP contribution is -2.40. The highest BCUT2D eigenvalue weighted by atomic mass is 16.5. The second-order valence-electron chi connectivity index (χ2n) is 4.42. The molecule has 1 aliphatic carbocycles. The van der Waals surface area contributed by atoms with Crippen LogP contribution in [0.15, 0.2) is 18.2 Å². The summed E-state index contributed by atoms with van der Waals surface area (Å²) < 4.78 is 10.8. The van der Waals surface area contributed by atoms with Crippen LogP contribution in [0.2, 0.25) is 0 Å². The third-order valence-corrected chi connectivity index (χ3v) is 3.19. The van der Waals surface area contributed by atoms with Crippen molar-refractivity contribution in [2.45, 2.75) is 31.9 Å². The van der Waals surface area contributed by atoms with Crippen molar-refractivity contribution < 1.29 is 9.47 Å². The summed E-state index contributed by atoms with van der Waals surface area (Å²) in [5, 5.41) is 12.3. The van der Waals surface area contributed by atoms with Gasteiger partial charge < -0.3 is 14.8 Å². The van der Waals surface area contributed by atoms with Crippen molar-refractivity contribution in [3.63, 3.8) is 0 Å². The number of hydrogen-bond donors (Lipinski definition) is 1. The van der Waals surface area contributed by atoms with Crippen molar-refractivity contribution in [2.75, 3.05) is 19.0 Å². The molecular formula is C14H18N2O2. The first-order chi connectivity index (χ1) is 8.76. The zero-order valence-electron chi connectivity index (χ0n) is 10.8. The summed E-state index contributed by atoms with van der Waals surface area (Å²) in [7, 11) is 1.62. The van der Waals surface area contributed by atoms with Crippen LogP contribution in [0.4, 0.5) is 5.69 Å². The maximum absolute atomic E-state index is 8.84. The Bertz CT molecular complexity index is 448. The summed E-state index contributed by atoms with van der Waals surface area (Å²) in [6.45, 7) is 2.79. The van der Waals surface area contributed by atoms with Gasteiger partial charge in [0.05, 0.1) is 30.5 Å². The zero-order valence-corrected chi connectivity index (χ0v) is 10.8. The number of rotatable bonds is 5. The zero-order chi connectivity index (χ0) is 13.0. The number of nitrogens with zero attached hydrogens (tertiary/aromatic N) is 1. The number of benzene rings is 1. The van der Waals surface area contributed by atoms with E-state index in [0.717, 1.165) is 25.1 Å². The van der Waals surface area contributed by atoms with Gasteiger partial charge in [0.15, 0.2) is 0 Å². The van der Waals surface area contributed by atoms with Crippen LogP contribution in [-0.4, -0.2) is 25.9 Å². The molecule has 1 aromatic carbocycles. The predicted octanol–water partition coefficient (Wildman–Crippen LogP) is 2.55. The third kappa shape index (κ3) is 2.74. The second kappa shape index (κ2) is 5.74. The molecule has 96 valence electrons. The van der Waals surface area contributed by atoms with Gasteiger partial charge in [-0.1, -0.05) is 0 Å². The number of anilines is 1. The minimum atomic E-state index is 0.386. The summed E-state index contributed by atoms with van der Waals surface area (Å²) in [6, 6.07) is 7.98. The maximum Gasteiger partial charge on any atom is 0.143 e. The lowest BCUT2D eigenvalue weighted by Gasteiger charge is -2.36. The molecule has 0 atom stereocenters. The largest absolute Gasteiger partial charge is 0.495 e. The van der Waals surface area contributed by atoms with Gasteiger partial charge in [-0.15, -0.1) is 0 Å². The van der Waals surface area contributed by atoms with Gasteiger partial charge in [0.25, 0.3) is 0 Å². The van der Waals surface area contributed by atoms with E-state index in [4.69, 9.17) is 14.7 Å². The molecule has 0 bridgehead atoms. The van der Waals surface area contributed by atoms with Gasteiger partial charge in [0.1, 0.15) is 5.75 Å². The van der Waals surface area contributed by atoms with E-state index in [1.165, 1.54) is 0 Å². The van der Waals surface area contributed by atoms with Crippen molar-refractivity contribution in [1.29, 1.82) is 5.26 Å². The lowest BCUT2D eigenvalue weighted by molar-refractivity contribution is 0.00295. The Morgan fingerprint density at radius 2 is 2.22 bits per heavy atom. The smallest absolute Gasteiger partial charge is 0.143 e. The molecule has 0 spiro atoms. The van der Waals surface area contributed by atoms with E-state index >= 15 is 0 Å². The molecule has 0 saturated heterocycles. The Morgan fingerprint density at radius 3 is 2.83 bits per heavy atom. The van der Waals surface area contributed by atoms with Crippen molar-refractivity contribution in [3.05, 3.63) is 23.8 Å². The summed E-state index contributed by atoms with van der Waals surface area (Å²) in [5.74, 6) is 0.717. The molecule has 1 saturated carbocycles. The Hall–Kier alpha value is -1.73. The van der Waals surface area contributed by atoms with E-state index in [2.05, 4.69) is 11.4 Å². The summed E-state index contributed by atoms with van der Waals surface area (Å²) in [5.41, 5.74) is 1.55.